The van der Waals surface area contributed by atoms with E-state index in [1.165, 1.54) is 7.11 Å². The fourth-order valence-electron chi connectivity index (χ4n) is 2.19. The summed E-state index contributed by atoms with van der Waals surface area (Å²) in [5.74, 6) is 0.521. The maximum atomic E-state index is 12.4. The second-order valence-electron chi connectivity index (χ2n) is 5.48. The van der Waals surface area contributed by atoms with Crippen LogP contribution in [0.2, 0.25) is 0 Å². The highest BCUT2D eigenvalue weighted by molar-refractivity contribution is 6.00. The summed E-state index contributed by atoms with van der Waals surface area (Å²) in [4.78, 5) is 26.0. The maximum Gasteiger partial charge on any atom is 0.258 e. The minimum absolute atomic E-state index is 0.113. The molecule has 19 heavy (non-hydrogen) atoms. The summed E-state index contributed by atoms with van der Waals surface area (Å²) in [5.41, 5.74) is 0.190. The Morgan fingerprint density at radius 2 is 2.00 bits per heavy atom. The lowest BCUT2D eigenvalue weighted by Crippen LogP contribution is -2.47. The Morgan fingerprint density at radius 3 is 2.63 bits per heavy atom. The standard InChI is InChI=1S/C15H19NO3/c1-15(2)8-9-16(10-13(15)17)14(18)11-6-4-5-7-12(11)19-3/h4-7H,8-10H2,1-3H3. The van der Waals surface area contributed by atoms with Crippen molar-refractivity contribution in [2.75, 3.05) is 20.2 Å². The van der Waals surface area contributed by atoms with E-state index in [2.05, 4.69) is 0 Å². The first-order valence-corrected chi connectivity index (χ1v) is 6.41. The molecule has 1 heterocycles. The predicted octanol–water partition coefficient (Wildman–Crippen LogP) is 2.14. The van der Waals surface area contributed by atoms with E-state index in [1.807, 2.05) is 19.9 Å². The molecule has 1 fully saturated rings. The summed E-state index contributed by atoms with van der Waals surface area (Å²) in [5, 5.41) is 0. The van der Waals surface area contributed by atoms with E-state index in [0.29, 0.717) is 24.3 Å². The van der Waals surface area contributed by atoms with Gasteiger partial charge in [0.05, 0.1) is 19.2 Å². The Hall–Kier alpha value is -1.84. The molecule has 0 aliphatic carbocycles. The summed E-state index contributed by atoms with van der Waals surface area (Å²) in [6, 6.07) is 7.10. The summed E-state index contributed by atoms with van der Waals surface area (Å²) in [7, 11) is 1.54. The van der Waals surface area contributed by atoms with Gasteiger partial charge >= 0.3 is 0 Å². The number of ketones is 1. The number of benzene rings is 1. The lowest BCUT2D eigenvalue weighted by Gasteiger charge is -2.35. The van der Waals surface area contributed by atoms with Gasteiger partial charge in [-0.3, -0.25) is 9.59 Å². The van der Waals surface area contributed by atoms with Crippen LogP contribution < -0.4 is 4.74 Å². The summed E-state index contributed by atoms with van der Waals surface area (Å²) in [6.07, 6.45) is 0.701. The van der Waals surface area contributed by atoms with E-state index >= 15 is 0 Å². The third-order valence-electron chi connectivity index (χ3n) is 3.72. The first-order valence-electron chi connectivity index (χ1n) is 6.41. The van der Waals surface area contributed by atoms with Crippen LogP contribution in [-0.4, -0.2) is 36.8 Å². The zero-order valence-electron chi connectivity index (χ0n) is 11.6. The van der Waals surface area contributed by atoms with Crippen LogP contribution in [0, 0.1) is 5.41 Å². The molecule has 1 aromatic rings. The molecule has 2 rings (SSSR count). The zero-order valence-corrected chi connectivity index (χ0v) is 11.6. The Kier molecular flexibility index (Phi) is 3.60. The number of nitrogens with zero attached hydrogens (tertiary/aromatic N) is 1. The lowest BCUT2D eigenvalue weighted by molar-refractivity contribution is -0.130. The topological polar surface area (TPSA) is 46.6 Å². The minimum atomic E-state index is -0.322. The van der Waals surface area contributed by atoms with E-state index in [1.54, 1.807) is 23.1 Å². The average molecular weight is 261 g/mol. The van der Waals surface area contributed by atoms with Crippen LogP contribution in [0.25, 0.3) is 0 Å². The Balaban J connectivity index is 2.19. The van der Waals surface area contributed by atoms with Gasteiger partial charge in [-0.1, -0.05) is 26.0 Å². The van der Waals surface area contributed by atoms with Crippen molar-refractivity contribution < 1.29 is 14.3 Å². The number of carbonyl (C=O) groups excluding carboxylic acids is 2. The Labute approximate surface area is 113 Å². The molecule has 1 saturated heterocycles. The van der Waals surface area contributed by atoms with Gasteiger partial charge in [-0.15, -0.1) is 0 Å². The third-order valence-corrected chi connectivity index (χ3v) is 3.72. The van der Waals surface area contributed by atoms with Gasteiger partial charge in [0.2, 0.25) is 0 Å². The van der Waals surface area contributed by atoms with Crippen molar-refractivity contribution in [1.29, 1.82) is 0 Å². The zero-order chi connectivity index (χ0) is 14.0. The van der Waals surface area contributed by atoms with Gasteiger partial charge in [0.15, 0.2) is 5.78 Å². The second kappa shape index (κ2) is 5.03. The molecule has 4 nitrogen and oxygen atoms in total. The molecule has 1 aromatic carbocycles. The molecule has 0 N–H and O–H groups in total. The molecule has 1 amide bonds. The SMILES string of the molecule is COc1ccccc1C(=O)N1CCC(C)(C)C(=O)C1. The maximum absolute atomic E-state index is 12.4. The van der Waals surface area contributed by atoms with Gasteiger partial charge < -0.3 is 9.64 Å². The van der Waals surface area contributed by atoms with Crippen LogP contribution in [-0.2, 0) is 4.79 Å². The highest BCUT2D eigenvalue weighted by Crippen LogP contribution is 2.28. The number of carbonyl (C=O) groups is 2. The molecule has 1 aliphatic heterocycles. The molecular weight excluding hydrogens is 242 g/mol. The molecule has 0 aromatic heterocycles. The number of piperidine rings is 1. The quantitative estimate of drug-likeness (QED) is 0.819. The van der Waals surface area contributed by atoms with Crippen molar-refractivity contribution in [3.8, 4) is 5.75 Å². The van der Waals surface area contributed by atoms with E-state index in [-0.39, 0.29) is 23.7 Å². The van der Waals surface area contributed by atoms with Crippen LogP contribution in [0.15, 0.2) is 24.3 Å². The molecule has 4 heteroatoms. The van der Waals surface area contributed by atoms with Crippen LogP contribution >= 0.6 is 0 Å². The lowest BCUT2D eigenvalue weighted by atomic mass is 9.81. The van der Waals surface area contributed by atoms with E-state index in [0.717, 1.165) is 0 Å². The van der Waals surface area contributed by atoms with Crippen molar-refractivity contribution in [2.45, 2.75) is 20.3 Å². The van der Waals surface area contributed by atoms with Gasteiger partial charge in [-0.05, 0) is 18.6 Å². The average Bonchev–Trinajstić information content (AvgIpc) is 2.41. The number of Topliss-reactive ketones (excluding diaryl/α,β-unsaturated/α-hetero) is 1. The largest absolute Gasteiger partial charge is 0.496 e. The normalized spacial score (nSPS) is 18.3. The Morgan fingerprint density at radius 1 is 1.32 bits per heavy atom. The molecule has 0 bridgehead atoms. The molecule has 0 saturated carbocycles. The highest BCUT2D eigenvalue weighted by atomic mass is 16.5. The van der Waals surface area contributed by atoms with Crippen molar-refractivity contribution in [3.05, 3.63) is 29.8 Å². The van der Waals surface area contributed by atoms with Crippen molar-refractivity contribution in [2.24, 2.45) is 5.41 Å². The molecule has 1 aliphatic rings. The minimum Gasteiger partial charge on any atom is -0.496 e. The number of rotatable bonds is 2. The highest BCUT2D eigenvalue weighted by Gasteiger charge is 2.36. The van der Waals surface area contributed by atoms with Gasteiger partial charge in [0.25, 0.3) is 5.91 Å². The summed E-state index contributed by atoms with van der Waals surface area (Å²) < 4.78 is 5.19. The van der Waals surface area contributed by atoms with Crippen molar-refractivity contribution in [1.82, 2.24) is 4.90 Å². The number of methoxy groups -OCH3 is 1. The molecule has 0 spiro atoms. The summed E-state index contributed by atoms with van der Waals surface area (Å²) in [6.45, 7) is 4.65. The van der Waals surface area contributed by atoms with E-state index in [4.69, 9.17) is 4.74 Å². The number of para-hydroxylation sites is 1. The summed E-state index contributed by atoms with van der Waals surface area (Å²) >= 11 is 0. The Bertz CT molecular complexity index is 508. The first kappa shape index (κ1) is 13.6. The number of hydrogen-bond acceptors (Lipinski definition) is 3. The molecular formula is C15H19NO3. The van der Waals surface area contributed by atoms with E-state index in [9.17, 15) is 9.59 Å². The predicted molar refractivity (Wildman–Crippen MR) is 72.3 cm³/mol. The van der Waals surface area contributed by atoms with Crippen LogP contribution in [0.1, 0.15) is 30.6 Å². The van der Waals surface area contributed by atoms with Gasteiger partial charge in [0.1, 0.15) is 5.75 Å². The third kappa shape index (κ3) is 2.62. The van der Waals surface area contributed by atoms with Gasteiger partial charge in [0, 0.05) is 12.0 Å². The molecule has 0 atom stereocenters. The van der Waals surface area contributed by atoms with Crippen LogP contribution in [0.3, 0.4) is 0 Å². The van der Waals surface area contributed by atoms with Crippen molar-refractivity contribution in [3.63, 3.8) is 0 Å². The smallest absolute Gasteiger partial charge is 0.258 e. The number of likely N-dealkylation sites (tertiary alicyclic amines) is 1. The second-order valence-corrected chi connectivity index (χ2v) is 5.48. The fraction of sp³-hybridized carbons (Fsp3) is 0.467. The first-order chi connectivity index (χ1) is 8.95. The fourth-order valence-corrected chi connectivity index (χ4v) is 2.19. The van der Waals surface area contributed by atoms with Crippen molar-refractivity contribution >= 4 is 11.7 Å². The number of hydrogen-bond donors (Lipinski definition) is 0. The van der Waals surface area contributed by atoms with Gasteiger partial charge in [-0.25, -0.2) is 0 Å². The molecule has 102 valence electrons. The van der Waals surface area contributed by atoms with E-state index < -0.39 is 0 Å². The van der Waals surface area contributed by atoms with Crippen LogP contribution in [0.4, 0.5) is 0 Å². The molecule has 0 radical (unpaired) electrons. The van der Waals surface area contributed by atoms with Crippen LogP contribution in [0.5, 0.6) is 5.75 Å². The number of amides is 1. The number of ether oxygens (including phenoxy) is 1. The monoisotopic (exact) mass is 261 g/mol. The molecule has 0 unspecified atom stereocenters. The van der Waals surface area contributed by atoms with Gasteiger partial charge in [-0.2, -0.15) is 0 Å².